The Morgan fingerprint density at radius 2 is 2.15 bits per heavy atom. The van der Waals surface area contributed by atoms with Crippen molar-refractivity contribution >= 4 is 17.3 Å². The van der Waals surface area contributed by atoms with E-state index in [1.165, 1.54) is 18.2 Å². The normalized spacial score (nSPS) is 15.7. The zero-order chi connectivity index (χ0) is 14.8. The number of benzene rings is 1. The van der Waals surface area contributed by atoms with Gasteiger partial charge in [0.05, 0.1) is 4.92 Å². The molecule has 0 bridgehead atoms. The van der Waals surface area contributed by atoms with E-state index in [1.807, 2.05) is 0 Å². The number of carboxylic acids is 1. The van der Waals surface area contributed by atoms with Gasteiger partial charge in [0.15, 0.2) is 0 Å². The number of rotatable bonds is 7. The van der Waals surface area contributed by atoms with E-state index >= 15 is 0 Å². The molecule has 108 valence electrons. The molecule has 7 nitrogen and oxygen atoms in total. The van der Waals surface area contributed by atoms with Gasteiger partial charge in [-0.2, -0.15) is 0 Å². The molecule has 3 N–H and O–H groups in total. The van der Waals surface area contributed by atoms with Crippen LogP contribution in [0.1, 0.15) is 29.6 Å². The molecule has 0 saturated heterocycles. The SMILES string of the molecule is O=C(O)c1cccc(NCC2(CCO)CC2)c1[N+](=O)[O-]. The highest BCUT2D eigenvalue weighted by molar-refractivity contribution is 5.95. The number of carboxylic acid groups (broad SMARTS) is 1. The number of carbonyl (C=O) groups is 1. The van der Waals surface area contributed by atoms with Crippen molar-refractivity contribution in [1.82, 2.24) is 0 Å². The van der Waals surface area contributed by atoms with Crippen LogP contribution in [0.5, 0.6) is 0 Å². The van der Waals surface area contributed by atoms with Gasteiger partial charge in [-0.05, 0) is 36.8 Å². The number of aliphatic hydroxyl groups is 1. The Morgan fingerprint density at radius 1 is 1.45 bits per heavy atom. The number of nitrogens with one attached hydrogen (secondary N) is 1. The molecule has 0 radical (unpaired) electrons. The van der Waals surface area contributed by atoms with Crippen molar-refractivity contribution in [3.8, 4) is 0 Å². The third kappa shape index (κ3) is 2.88. The summed E-state index contributed by atoms with van der Waals surface area (Å²) in [6.45, 7) is 0.580. The number of anilines is 1. The molecular formula is C13H16N2O5. The standard InChI is InChI=1S/C13H16N2O5/c16-7-6-13(4-5-13)8-14-10-3-1-2-9(12(17)18)11(10)15(19)20/h1-3,14,16H,4-8H2,(H,17,18). The van der Waals surface area contributed by atoms with Gasteiger partial charge in [0, 0.05) is 13.2 Å². The molecule has 1 aromatic carbocycles. The van der Waals surface area contributed by atoms with Crippen LogP contribution in [0.4, 0.5) is 11.4 Å². The fourth-order valence-electron chi connectivity index (χ4n) is 2.27. The molecule has 0 amide bonds. The predicted octanol–water partition coefficient (Wildman–Crippen LogP) is 1.87. The molecule has 1 fully saturated rings. The number of nitro groups is 1. The van der Waals surface area contributed by atoms with Crippen LogP contribution in [-0.2, 0) is 0 Å². The largest absolute Gasteiger partial charge is 0.477 e. The van der Waals surface area contributed by atoms with Gasteiger partial charge in [-0.25, -0.2) is 4.79 Å². The molecule has 0 aliphatic heterocycles. The first kappa shape index (κ1) is 14.3. The summed E-state index contributed by atoms with van der Waals surface area (Å²) in [4.78, 5) is 21.4. The Hall–Kier alpha value is -2.15. The summed E-state index contributed by atoms with van der Waals surface area (Å²) in [7, 11) is 0. The summed E-state index contributed by atoms with van der Waals surface area (Å²) >= 11 is 0. The van der Waals surface area contributed by atoms with Crippen LogP contribution in [-0.4, -0.2) is 34.3 Å². The minimum absolute atomic E-state index is 0.0121. The van der Waals surface area contributed by atoms with Crippen molar-refractivity contribution in [2.75, 3.05) is 18.5 Å². The van der Waals surface area contributed by atoms with Gasteiger partial charge in [-0.1, -0.05) is 6.07 Å². The zero-order valence-electron chi connectivity index (χ0n) is 10.8. The van der Waals surface area contributed by atoms with Crippen LogP contribution in [0, 0.1) is 15.5 Å². The fourth-order valence-corrected chi connectivity index (χ4v) is 2.27. The van der Waals surface area contributed by atoms with E-state index in [4.69, 9.17) is 10.2 Å². The van der Waals surface area contributed by atoms with Gasteiger partial charge in [-0.15, -0.1) is 0 Å². The van der Waals surface area contributed by atoms with Crippen LogP contribution >= 0.6 is 0 Å². The van der Waals surface area contributed by atoms with Gasteiger partial charge < -0.3 is 15.5 Å². The summed E-state index contributed by atoms with van der Waals surface area (Å²) < 4.78 is 0. The maximum Gasteiger partial charge on any atom is 0.342 e. The molecule has 1 aliphatic rings. The van der Waals surface area contributed by atoms with E-state index in [-0.39, 0.29) is 23.3 Å². The third-order valence-electron chi connectivity index (χ3n) is 3.70. The van der Waals surface area contributed by atoms with E-state index in [2.05, 4.69) is 5.32 Å². The number of hydrogen-bond acceptors (Lipinski definition) is 5. The minimum atomic E-state index is -1.32. The van der Waals surface area contributed by atoms with Crippen molar-refractivity contribution in [2.24, 2.45) is 5.41 Å². The molecule has 0 aromatic heterocycles. The average molecular weight is 280 g/mol. The van der Waals surface area contributed by atoms with Gasteiger partial charge in [0.2, 0.25) is 0 Å². The van der Waals surface area contributed by atoms with Gasteiger partial charge >= 0.3 is 11.7 Å². The number of para-hydroxylation sites is 1. The van der Waals surface area contributed by atoms with Crippen molar-refractivity contribution in [2.45, 2.75) is 19.3 Å². The summed E-state index contributed by atoms with van der Waals surface area (Å²) in [5.41, 5.74) is -0.548. The second kappa shape index (κ2) is 5.46. The maximum absolute atomic E-state index is 11.1. The number of nitrogens with zero attached hydrogens (tertiary/aromatic N) is 1. The fraction of sp³-hybridized carbons (Fsp3) is 0.462. The van der Waals surface area contributed by atoms with Crippen LogP contribution in [0.25, 0.3) is 0 Å². The molecular weight excluding hydrogens is 264 g/mol. The lowest BCUT2D eigenvalue weighted by atomic mass is 10.0. The van der Waals surface area contributed by atoms with Gasteiger partial charge in [0.25, 0.3) is 0 Å². The molecule has 0 heterocycles. The molecule has 1 saturated carbocycles. The third-order valence-corrected chi connectivity index (χ3v) is 3.70. The average Bonchev–Trinajstić information content (AvgIpc) is 3.16. The van der Waals surface area contributed by atoms with Crippen molar-refractivity contribution < 1.29 is 19.9 Å². The topological polar surface area (TPSA) is 113 Å². The Bertz CT molecular complexity index is 540. The van der Waals surface area contributed by atoms with Crippen LogP contribution in [0.2, 0.25) is 0 Å². The Morgan fingerprint density at radius 3 is 2.65 bits per heavy atom. The Kier molecular flexibility index (Phi) is 3.89. The molecule has 1 aromatic rings. The number of hydrogen-bond donors (Lipinski definition) is 3. The summed E-state index contributed by atoms with van der Waals surface area (Å²) in [5.74, 6) is -1.32. The Labute approximate surface area is 115 Å². The highest BCUT2D eigenvalue weighted by Crippen LogP contribution is 2.48. The summed E-state index contributed by atoms with van der Waals surface area (Å²) in [5, 5.41) is 32.0. The first-order chi connectivity index (χ1) is 9.49. The van der Waals surface area contributed by atoms with E-state index < -0.39 is 16.6 Å². The minimum Gasteiger partial charge on any atom is -0.477 e. The predicted molar refractivity (Wildman–Crippen MR) is 71.9 cm³/mol. The van der Waals surface area contributed by atoms with Crippen molar-refractivity contribution in [3.63, 3.8) is 0 Å². The maximum atomic E-state index is 11.1. The lowest BCUT2D eigenvalue weighted by Gasteiger charge is -2.15. The lowest BCUT2D eigenvalue weighted by molar-refractivity contribution is -0.384. The summed E-state index contributed by atoms with van der Waals surface area (Å²) in [6, 6.07) is 4.19. The van der Waals surface area contributed by atoms with Crippen molar-refractivity contribution in [3.05, 3.63) is 33.9 Å². The first-order valence-electron chi connectivity index (χ1n) is 6.34. The van der Waals surface area contributed by atoms with Crippen LogP contribution in [0.3, 0.4) is 0 Å². The number of aromatic carboxylic acids is 1. The molecule has 0 spiro atoms. The van der Waals surface area contributed by atoms with E-state index in [9.17, 15) is 14.9 Å². The number of aliphatic hydroxyl groups excluding tert-OH is 1. The molecule has 0 unspecified atom stereocenters. The van der Waals surface area contributed by atoms with E-state index in [0.717, 1.165) is 12.8 Å². The molecule has 0 atom stereocenters. The van der Waals surface area contributed by atoms with E-state index in [1.54, 1.807) is 0 Å². The van der Waals surface area contributed by atoms with Crippen molar-refractivity contribution in [1.29, 1.82) is 0 Å². The van der Waals surface area contributed by atoms with Crippen LogP contribution in [0.15, 0.2) is 18.2 Å². The molecule has 20 heavy (non-hydrogen) atoms. The smallest absolute Gasteiger partial charge is 0.342 e. The quantitative estimate of drug-likeness (QED) is 0.519. The lowest BCUT2D eigenvalue weighted by Crippen LogP contribution is -2.18. The highest BCUT2D eigenvalue weighted by Gasteiger charge is 2.42. The second-order valence-corrected chi connectivity index (χ2v) is 5.09. The number of nitro benzene ring substituents is 1. The Balaban J connectivity index is 2.21. The van der Waals surface area contributed by atoms with Crippen LogP contribution < -0.4 is 5.32 Å². The van der Waals surface area contributed by atoms with E-state index in [0.29, 0.717) is 13.0 Å². The summed E-state index contributed by atoms with van der Waals surface area (Å²) in [6.07, 6.45) is 2.58. The van der Waals surface area contributed by atoms with Gasteiger partial charge in [0.1, 0.15) is 11.3 Å². The molecule has 2 rings (SSSR count). The monoisotopic (exact) mass is 280 g/mol. The molecule has 1 aliphatic carbocycles. The molecule has 7 heteroatoms. The highest BCUT2D eigenvalue weighted by atomic mass is 16.6. The van der Waals surface area contributed by atoms with Gasteiger partial charge in [-0.3, -0.25) is 10.1 Å². The second-order valence-electron chi connectivity index (χ2n) is 5.09. The zero-order valence-corrected chi connectivity index (χ0v) is 10.8. The first-order valence-corrected chi connectivity index (χ1v) is 6.34.